The van der Waals surface area contributed by atoms with E-state index in [-0.39, 0.29) is 11.9 Å². The number of hydrogen-bond donors (Lipinski definition) is 1. The van der Waals surface area contributed by atoms with Gasteiger partial charge in [0, 0.05) is 9.75 Å². The van der Waals surface area contributed by atoms with Gasteiger partial charge in [-0.3, -0.25) is 0 Å². The third kappa shape index (κ3) is 2.44. The summed E-state index contributed by atoms with van der Waals surface area (Å²) >= 11 is 4.97. The van der Waals surface area contributed by atoms with Gasteiger partial charge in [-0.25, -0.2) is 4.39 Å². The van der Waals surface area contributed by atoms with Crippen LogP contribution in [-0.4, -0.2) is 0 Å². The Kier molecular flexibility index (Phi) is 3.66. The summed E-state index contributed by atoms with van der Waals surface area (Å²) in [5.74, 6) is -0.275. The first-order valence-electron chi connectivity index (χ1n) is 5.27. The Morgan fingerprint density at radius 2 is 2.00 bits per heavy atom. The molecule has 0 radical (unpaired) electrons. The van der Waals surface area contributed by atoms with Crippen LogP contribution in [0.2, 0.25) is 0 Å². The molecule has 0 amide bonds. The van der Waals surface area contributed by atoms with E-state index >= 15 is 0 Å². The summed E-state index contributed by atoms with van der Waals surface area (Å²) in [5.41, 5.74) is 8.06. The molecule has 0 aliphatic heterocycles. The van der Waals surface area contributed by atoms with Crippen LogP contribution >= 0.6 is 27.3 Å². The lowest BCUT2D eigenvalue weighted by atomic mass is 10.00. The first kappa shape index (κ1) is 12.7. The van der Waals surface area contributed by atoms with Crippen molar-refractivity contribution in [3.63, 3.8) is 0 Å². The normalized spacial score (nSPS) is 12.8. The maximum absolute atomic E-state index is 13.5. The highest BCUT2D eigenvalue weighted by molar-refractivity contribution is 9.10. The molecule has 0 bridgehead atoms. The van der Waals surface area contributed by atoms with Gasteiger partial charge in [0.1, 0.15) is 5.82 Å². The average Bonchev–Trinajstić information content (AvgIpc) is 2.61. The minimum atomic E-state index is -0.287. The lowest BCUT2D eigenvalue weighted by Gasteiger charge is -2.14. The highest BCUT2D eigenvalue weighted by atomic mass is 79.9. The van der Waals surface area contributed by atoms with E-state index in [1.54, 1.807) is 17.4 Å². The van der Waals surface area contributed by atoms with Crippen LogP contribution in [0.1, 0.15) is 26.9 Å². The molecule has 2 N–H and O–H groups in total. The second-order valence-electron chi connectivity index (χ2n) is 3.99. The van der Waals surface area contributed by atoms with Gasteiger partial charge in [0.2, 0.25) is 0 Å². The van der Waals surface area contributed by atoms with Gasteiger partial charge in [0.25, 0.3) is 0 Å². The molecule has 0 fully saturated rings. The van der Waals surface area contributed by atoms with Crippen LogP contribution in [0.4, 0.5) is 4.39 Å². The summed E-state index contributed by atoms with van der Waals surface area (Å²) in [6.45, 7) is 4.09. The summed E-state index contributed by atoms with van der Waals surface area (Å²) in [6, 6.07) is 6.74. The number of halogens is 2. The molecule has 1 atom stereocenters. The SMILES string of the molecule is Cc1cc(C(N)c2cccc(F)c2Br)c(C)s1. The van der Waals surface area contributed by atoms with Gasteiger partial charge in [-0.05, 0) is 53.0 Å². The van der Waals surface area contributed by atoms with E-state index in [1.807, 2.05) is 13.0 Å². The fourth-order valence-electron chi connectivity index (χ4n) is 1.89. The van der Waals surface area contributed by atoms with Crippen LogP contribution in [0.3, 0.4) is 0 Å². The minimum Gasteiger partial charge on any atom is -0.320 e. The first-order valence-corrected chi connectivity index (χ1v) is 6.88. The second kappa shape index (κ2) is 4.88. The molecular formula is C13H13BrFNS. The molecule has 1 nitrogen and oxygen atoms in total. The Labute approximate surface area is 113 Å². The highest BCUT2D eigenvalue weighted by Gasteiger charge is 2.17. The molecule has 0 saturated carbocycles. The van der Waals surface area contributed by atoms with Crippen LogP contribution in [0.25, 0.3) is 0 Å². The van der Waals surface area contributed by atoms with E-state index in [9.17, 15) is 4.39 Å². The number of hydrogen-bond acceptors (Lipinski definition) is 2. The number of rotatable bonds is 2. The minimum absolute atomic E-state index is 0.275. The van der Waals surface area contributed by atoms with Crippen molar-refractivity contribution in [1.29, 1.82) is 0 Å². The van der Waals surface area contributed by atoms with E-state index in [2.05, 4.69) is 28.9 Å². The van der Waals surface area contributed by atoms with Crippen LogP contribution in [0.15, 0.2) is 28.7 Å². The Morgan fingerprint density at radius 1 is 1.29 bits per heavy atom. The lowest BCUT2D eigenvalue weighted by Crippen LogP contribution is -2.13. The van der Waals surface area contributed by atoms with Gasteiger partial charge in [-0.1, -0.05) is 12.1 Å². The van der Waals surface area contributed by atoms with Crippen LogP contribution in [-0.2, 0) is 0 Å². The molecule has 17 heavy (non-hydrogen) atoms. The molecule has 0 spiro atoms. The van der Waals surface area contributed by atoms with E-state index in [0.29, 0.717) is 4.47 Å². The molecule has 1 aromatic carbocycles. The summed E-state index contributed by atoms with van der Waals surface area (Å²) in [6.07, 6.45) is 0. The molecule has 0 saturated heterocycles. The molecule has 90 valence electrons. The van der Waals surface area contributed by atoms with Crippen molar-refractivity contribution < 1.29 is 4.39 Å². The fraction of sp³-hybridized carbons (Fsp3) is 0.231. The molecule has 2 aromatic rings. The number of thiophene rings is 1. The molecule has 0 aliphatic carbocycles. The number of benzene rings is 1. The van der Waals surface area contributed by atoms with Gasteiger partial charge < -0.3 is 5.73 Å². The summed E-state index contributed by atoms with van der Waals surface area (Å²) in [7, 11) is 0. The van der Waals surface area contributed by atoms with Crippen molar-refractivity contribution in [2.24, 2.45) is 5.73 Å². The van der Waals surface area contributed by atoms with Gasteiger partial charge in [-0.2, -0.15) is 0 Å². The van der Waals surface area contributed by atoms with Crippen molar-refractivity contribution in [2.75, 3.05) is 0 Å². The zero-order chi connectivity index (χ0) is 12.6. The van der Waals surface area contributed by atoms with Crippen molar-refractivity contribution >= 4 is 27.3 Å². The molecule has 1 unspecified atom stereocenters. The highest BCUT2D eigenvalue weighted by Crippen LogP contribution is 2.33. The van der Waals surface area contributed by atoms with E-state index in [1.165, 1.54) is 15.8 Å². The molecule has 2 rings (SSSR count). The Morgan fingerprint density at radius 3 is 2.59 bits per heavy atom. The van der Waals surface area contributed by atoms with Gasteiger partial charge >= 0.3 is 0 Å². The van der Waals surface area contributed by atoms with Crippen molar-refractivity contribution in [3.8, 4) is 0 Å². The Hall–Kier alpha value is -0.710. The summed E-state index contributed by atoms with van der Waals surface area (Å²) in [4.78, 5) is 2.41. The van der Waals surface area contributed by atoms with Crippen LogP contribution < -0.4 is 5.73 Å². The predicted octanol–water partition coefficient (Wildman–Crippen LogP) is 4.31. The van der Waals surface area contributed by atoms with Gasteiger partial charge in [0.15, 0.2) is 0 Å². The van der Waals surface area contributed by atoms with Crippen molar-refractivity contribution in [2.45, 2.75) is 19.9 Å². The molecule has 0 aliphatic rings. The summed E-state index contributed by atoms with van der Waals surface area (Å²) in [5, 5.41) is 0. The molecular weight excluding hydrogens is 301 g/mol. The quantitative estimate of drug-likeness (QED) is 0.878. The maximum Gasteiger partial charge on any atom is 0.137 e. The van der Waals surface area contributed by atoms with E-state index in [4.69, 9.17) is 5.73 Å². The van der Waals surface area contributed by atoms with Crippen LogP contribution in [0.5, 0.6) is 0 Å². The third-order valence-electron chi connectivity index (χ3n) is 2.73. The monoisotopic (exact) mass is 313 g/mol. The lowest BCUT2D eigenvalue weighted by molar-refractivity contribution is 0.616. The van der Waals surface area contributed by atoms with E-state index < -0.39 is 0 Å². The molecule has 4 heteroatoms. The number of nitrogens with two attached hydrogens (primary N) is 1. The topological polar surface area (TPSA) is 26.0 Å². The number of aryl methyl sites for hydroxylation is 2. The molecule has 1 aromatic heterocycles. The van der Waals surface area contributed by atoms with Gasteiger partial charge in [-0.15, -0.1) is 11.3 Å². The van der Waals surface area contributed by atoms with Crippen molar-refractivity contribution in [3.05, 3.63) is 55.4 Å². The zero-order valence-corrected chi connectivity index (χ0v) is 12.0. The van der Waals surface area contributed by atoms with Crippen LogP contribution in [0, 0.1) is 19.7 Å². The Bertz CT molecular complexity index is 550. The third-order valence-corrected chi connectivity index (χ3v) is 4.55. The van der Waals surface area contributed by atoms with Crippen molar-refractivity contribution in [1.82, 2.24) is 0 Å². The maximum atomic E-state index is 13.5. The zero-order valence-electron chi connectivity index (χ0n) is 9.63. The smallest absolute Gasteiger partial charge is 0.137 e. The Balaban J connectivity index is 2.47. The molecule has 1 heterocycles. The fourth-order valence-corrected chi connectivity index (χ4v) is 3.37. The van der Waals surface area contributed by atoms with Gasteiger partial charge in [0.05, 0.1) is 10.5 Å². The van der Waals surface area contributed by atoms with E-state index in [0.717, 1.165) is 11.1 Å². The predicted molar refractivity (Wildman–Crippen MR) is 73.9 cm³/mol. The second-order valence-corrected chi connectivity index (χ2v) is 6.24. The average molecular weight is 314 g/mol. The summed E-state index contributed by atoms with van der Waals surface area (Å²) < 4.78 is 13.9. The first-order chi connectivity index (χ1) is 8.00. The largest absolute Gasteiger partial charge is 0.320 e. The standard InChI is InChI=1S/C13H13BrFNS/c1-7-6-10(8(2)17-7)13(16)9-4-3-5-11(15)12(9)14/h3-6,13H,16H2,1-2H3.